The first-order chi connectivity index (χ1) is 24.8. The van der Waals surface area contributed by atoms with Crippen molar-refractivity contribution < 1.29 is 25.8 Å². The van der Waals surface area contributed by atoms with Crippen molar-refractivity contribution in [3.63, 3.8) is 0 Å². The summed E-state index contributed by atoms with van der Waals surface area (Å²) in [5, 5.41) is 8.28. The summed E-state index contributed by atoms with van der Waals surface area (Å²) in [6, 6.07) is 57.9. The Hall–Kier alpha value is -4.37. The van der Waals surface area contributed by atoms with Crippen molar-refractivity contribution in [3.8, 4) is 33.4 Å². The second-order valence-corrected chi connectivity index (χ2v) is 15.6. The van der Waals surface area contributed by atoms with Gasteiger partial charge in [0.25, 0.3) is 0 Å². The molecule has 0 saturated heterocycles. The van der Waals surface area contributed by atoms with Crippen LogP contribution in [0.1, 0.15) is 61.8 Å². The summed E-state index contributed by atoms with van der Waals surface area (Å²) >= 11 is 0. The van der Waals surface area contributed by atoms with Crippen molar-refractivity contribution in [2.45, 2.75) is 53.4 Å². The Morgan fingerprint density at radius 1 is 0.481 bits per heavy atom. The zero-order valence-electron chi connectivity index (χ0n) is 31.1. The summed E-state index contributed by atoms with van der Waals surface area (Å²) in [4.78, 5) is 0. The Morgan fingerprint density at radius 3 is 1.42 bits per heavy atom. The molecular weight excluding hydrogens is 807 g/mol. The van der Waals surface area contributed by atoms with E-state index in [4.69, 9.17) is 0 Å². The standard InChI is InChI=1S/2C19H19.C12H7Si.Hf/c2*1-13(2)16-11-15-8-6-10-18(19(15)12-16)17-9-5-4-7-14(17)3;1-3-7-11-9(5-1)10-6-2-4-8-12(10)13-11;/h2*4-13H,1-3H3;1-7H;/q3*-1;. The van der Waals surface area contributed by atoms with Crippen LogP contribution in [0.5, 0.6) is 0 Å². The number of benzene rings is 6. The average molecular weight is 852 g/mol. The van der Waals surface area contributed by atoms with Crippen LogP contribution in [-0.2, 0) is 25.8 Å². The van der Waals surface area contributed by atoms with Gasteiger partial charge in [-0.3, -0.25) is 0 Å². The number of hydrogen-bond acceptors (Lipinski definition) is 0. The predicted molar refractivity (Wildman–Crippen MR) is 223 cm³/mol. The minimum atomic E-state index is 0. The van der Waals surface area contributed by atoms with Gasteiger partial charge in [-0.25, -0.2) is 0 Å². The van der Waals surface area contributed by atoms with Crippen molar-refractivity contribution in [2.75, 3.05) is 0 Å². The van der Waals surface area contributed by atoms with Gasteiger partial charge in [-0.2, -0.15) is 41.6 Å². The SMILES string of the molecule is Cc1ccccc1-c1cccc2[cH-]c(C(C)C)cc12.Cc1ccccc1-c1cccc2[cH-]c(C(C)C)cc12.[Hf].[c-]1cccc2c1[Si]c1ccccc1-2. The van der Waals surface area contributed by atoms with Gasteiger partial charge < -0.3 is 0 Å². The van der Waals surface area contributed by atoms with Crippen LogP contribution < -0.4 is 10.4 Å². The molecule has 9 rings (SSSR count). The molecule has 0 spiro atoms. The second-order valence-electron chi connectivity index (χ2n) is 14.3. The van der Waals surface area contributed by atoms with Crippen molar-refractivity contribution >= 4 is 41.4 Å². The van der Waals surface area contributed by atoms with Gasteiger partial charge in [-0.15, -0.1) is 74.6 Å². The van der Waals surface area contributed by atoms with Crippen LogP contribution in [0.2, 0.25) is 0 Å². The maximum absolute atomic E-state index is 3.31. The Labute approximate surface area is 331 Å². The Balaban J connectivity index is 0.000000135. The third-order valence-corrected chi connectivity index (χ3v) is 11.5. The molecule has 0 amide bonds. The summed E-state index contributed by atoms with van der Waals surface area (Å²) in [5.41, 5.74) is 13.7. The summed E-state index contributed by atoms with van der Waals surface area (Å²) in [7, 11) is 0.795. The zero-order valence-corrected chi connectivity index (χ0v) is 35.7. The van der Waals surface area contributed by atoms with E-state index in [-0.39, 0.29) is 25.8 Å². The molecule has 1 aliphatic heterocycles. The number of rotatable bonds is 4. The smallest absolute Gasteiger partial charge is 0.0920 e. The molecule has 0 nitrogen and oxygen atoms in total. The molecule has 0 atom stereocenters. The van der Waals surface area contributed by atoms with E-state index in [1.54, 1.807) is 0 Å². The normalized spacial score (nSPS) is 11.4. The first kappa shape index (κ1) is 37.4. The van der Waals surface area contributed by atoms with Crippen LogP contribution >= 0.6 is 0 Å². The molecule has 0 unspecified atom stereocenters. The van der Waals surface area contributed by atoms with E-state index >= 15 is 0 Å². The third kappa shape index (κ3) is 7.84. The third-order valence-electron chi connectivity index (χ3n) is 10.1. The molecule has 0 fully saturated rings. The molecule has 8 aromatic carbocycles. The maximum atomic E-state index is 3.31. The maximum Gasteiger partial charge on any atom is 0.0920 e. The van der Waals surface area contributed by atoms with Crippen LogP contribution in [0.3, 0.4) is 0 Å². The van der Waals surface area contributed by atoms with E-state index in [9.17, 15) is 0 Å². The van der Waals surface area contributed by atoms with Crippen molar-refractivity contribution in [2.24, 2.45) is 0 Å². The quantitative estimate of drug-likeness (QED) is 0.122. The Kier molecular flexibility index (Phi) is 11.9. The Morgan fingerprint density at radius 2 is 0.923 bits per heavy atom. The molecule has 52 heavy (non-hydrogen) atoms. The first-order valence-electron chi connectivity index (χ1n) is 18.2. The van der Waals surface area contributed by atoms with Crippen molar-refractivity contribution in [3.05, 3.63) is 180 Å². The largest absolute Gasteiger partial charge is 0.184 e. The summed E-state index contributed by atoms with van der Waals surface area (Å²) < 4.78 is 0. The molecule has 1 aliphatic rings. The van der Waals surface area contributed by atoms with E-state index in [0.717, 1.165) is 9.52 Å². The molecule has 8 aromatic rings. The number of hydrogen-bond donors (Lipinski definition) is 0. The van der Waals surface area contributed by atoms with Gasteiger partial charge in [0.1, 0.15) is 0 Å². The Bertz CT molecular complexity index is 2260. The van der Waals surface area contributed by atoms with Crippen LogP contribution in [0, 0.1) is 19.9 Å². The number of aryl methyl sites for hydroxylation is 2. The molecule has 2 radical (unpaired) electrons. The molecule has 256 valence electrons. The van der Waals surface area contributed by atoms with Gasteiger partial charge in [0.2, 0.25) is 0 Å². The van der Waals surface area contributed by atoms with Crippen LogP contribution in [-0.4, -0.2) is 9.52 Å². The van der Waals surface area contributed by atoms with Crippen LogP contribution in [0.15, 0.2) is 152 Å². The molecule has 0 saturated carbocycles. The van der Waals surface area contributed by atoms with Gasteiger partial charge in [0, 0.05) is 25.8 Å². The van der Waals surface area contributed by atoms with Crippen LogP contribution in [0.25, 0.3) is 54.9 Å². The number of fused-ring (bicyclic) bond motifs is 5. The molecule has 0 bridgehead atoms. The summed E-state index contributed by atoms with van der Waals surface area (Å²) in [6.07, 6.45) is 0. The molecule has 0 aliphatic carbocycles. The monoisotopic (exact) mass is 853 g/mol. The molecular formula is C50H45HfSi-3. The fourth-order valence-corrected chi connectivity index (χ4v) is 8.44. The molecule has 0 N–H and O–H groups in total. The minimum Gasteiger partial charge on any atom is -0.184 e. The minimum absolute atomic E-state index is 0. The van der Waals surface area contributed by atoms with E-state index in [0.29, 0.717) is 11.8 Å². The fourth-order valence-electron chi connectivity index (χ4n) is 7.13. The van der Waals surface area contributed by atoms with E-state index < -0.39 is 0 Å². The summed E-state index contributed by atoms with van der Waals surface area (Å²) in [5.74, 6) is 1.16. The van der Waals surface area contributed by atoms with Gasteiger partial charge in [-0.05, 0) is 47.9 Å². The second kappa shape index (κ2) is 16.5. The molecule has 0 aromatic heterocycles. The van der Waals surface area contributed by atoms with E-state index in [1.807, 2.05) is 6.07 Å². The van der Waals surface area contributed by atoms with Crippen molar-refractivity contribution in [1.82, 2.24) is 0 Å². The van der Waals surface area contributed by atoms with Crippen molar-refractivity contribution in [1.29, 1.82) is 0 Å². The molecule has 1 heterocycles. The van der Waals surface area contributed by atoms with Gasteiger partial charge in [0.15, 0.2) is 0 Å². The van der Waals surface area contributed by atoms with Gasteiger partial charge in [-0.1, -0.05) is 135 Å². The summed E-state index contributed by atoms with van der Waals surface area (Å²) in [6.45, 7) is 13.4. The topological polar surface area (TPSA) is 0 Å². The predicted octanol–water partition coefficient (Wildman–Crippen LogP) is 12.4. The van der Waals surface area contributed by atoms with Gasteiger partial charge >= 0.3 is 0 Å². The molecule has 2 heteroatoms. The van der Waals surface area contributed by atoms with E-state index in [2.05, 4.69) is 193 Å². The zero-order chi connectivity index (χ0) is 35.5. The average Bonchev–Trinajstić information content (AvgIpc) is 3.88. The van der Waals surface area contributed by atoms with Crippen LogP contribution in [0.4, 0.5) is 0 Å². The fraction of sp³-hybridized carbons (Fsp3) is 0.160. The van der Waals surface area contributed by atoms with Gasteiger partial charge in [0.05, 0.1) is 9.52 Å². The van der Waals surface area contributed by atoms with E-state index in [1.165, 1.54) is 87.6 Å². The first-order valence-corrected chi connectivity index (χ1v) is 19.2.